The molecule has 1 heterocycles. The molecule has 0 bridgehead atoms. The third kappa shape index (κ3) is 2.52. The van der Waals surface area contributed by atoms with Crippen molar-refractivity contribution in [2.45, 2.75) is 19.8 Å². The van der Waals surface area contributed by atoms with Gasteiger partial charge in [-0.3, -0.25) is 0 Å². The van der Waals surface area contributed by atoms with Gasteiger partial charge in [0.05, 0.1) is 31.1 Å². The molecule has 0 fully saturated rings. The molecule has 0 aliphatic heterocycles. The average molecular weight is 296 g/mol. The van der Waals surface area contributed by atoms with Gasteiger partial charge < -0.3 is 9.47 Å². The molecule has 1 aromatic heterocycles. The van der Waals surface area contributed by atoms with E-state index in [1.165, 1.54) is 5.69 Å². The lowest BCUT2D eigenvalue weighted by Crippen LogP contribution is -2.02. The first-order valence-corrected chi connectivity index (χ1v) is 7.47. The van der Waals surface area contributed by atoms with E-state index in [0.717, 1.165) is 40.9 Å². The summed E-state index contributed by atoms with van der Waals surface area (Å²) in [6.07, 6.45) is 2.03. The maximum absolute atomic E-state index is 5.35. The first-order chi connectivity index (χ1) is 10.8. The van der Waals surface area contributed by atoms with Crippen molar-refractivity contribution >= 4 is 10.9 Å². The fourth-order valence-corrected chi connectivity index (χ4v) is 2.66. The number of rotatable bonds is 5. The van der Waals surface area contributed by atoms with E-state index in [1.807, 2.05) is 41.1 Å². The van der Waals surface area contributed by atoms with Gasteiger partial charge >= 0.3 is 0 Å². The summed E-state index contributed by atoms with van der Waals surface area (Å²) in [4.78, 5) is 0. The summed E-state index contributed by atoms with van der Waals surface area (Å²) in [5.74, 6) is 1.71. The average Bonchev–Trinajstić information content (AvgIpc) is 2.93. The highest BCUT2D eigenvalue weighted by Gasteiger charge is 2.13. The molecule has 4 heteroatoms. The van der Waals surface area contributed by atoms with Crippen molar-refractivity contribution in [3.05, 3.63) is 48.2 Å². The summed E-state index contributed by atoms with van der Waals surface area (Å²) in [5.41, 5.74) is 3.24. The normalized spacial score (nSPS) is 10.9. The Bertz CT molecular complexity index is 776. The zero-order valence-electron chi connectivity index (χ0n) is 13.2. The predicted molar refractivity (Wildman–Crippen MR) is 88.2 cm³/mol. The first-order valence-electron chi connectivity index (χ1n) is 7.47. The topological polar surface area (TPSA) is 36.3 Å². The molecule has 0 saturated carbocycles. The standard InChI is InChI=1S/C18H20N2O2/c1-4-5-18-16-12-15(22-3)10-11-17(16)19-20(18)13-6-8-14(21-2)9-7-13/h6-12H,4-5H2,1-3H3. The number of hydrogen-bond donors (Lipinski definition) is 0. The van der Waals surface area contributed by atoms with Crippen LogP contribution in [0.3, 0.4) is 0 Å². The Morgan fingerprint density at radius 3 is 2.27 bits per heavy atom. The number of aromatic nitrogens is 2. The second kappa shape index (κ2) is 6.10. The molecule has 22 heavy (non-hydrogen) atoms. The van der Waals surface area contributed by atoms with Crippen LogP contribution in [0, 0.1) is 0 Å². The molecule has 0 spiro atoms. The van der Waals surface area contributed by atoms with Crippen LogP contribution >= 0.6 is 0 Å². The Hall–Kier alpha value is -2.49. The molecule has 3 aromatic rings. The van der Waals surface area contributed by atoms with E-state index in [4.69, 9.17) is 14.6 Å². The van der Waals surface area contributed by atoms with E-state index in [1.54, 1.807) is 14.2 Å². The van der Waals surface area contributed by atoms with Crippen LogP contribution < -0.4 is 9.47 Å². The van der Waals surface area contributed by atoms with Gasteiger partial charge in [-0.1, -0.05) is 13.3 Å². The van der Waals surface area contributed by atoms with Crippen LogP contribution in [0.4, 0.5) is 0 Å². The number of methoxy groups -OCH3 is 2. The van der Waals surface area contributed by atoms with E-state index in [2.05, 4.69) is 13.0 Å². The van der Waals surface area contributed by atoms with Crippen molar-refractivity contribution in [3.63, 3.8) is 0 Å². The molecular formula is C18H20N2O2. The molecule has 0 aliphatic rings. The van der Waals surface area contributed by atoms with E-state index in [0.29, 0.717) is 0 Å². The summed E-state index contributed by atoms with van der Waals surface area (Å²) in [5, 5.41) is 5.90. The van der Waals surface area contributed by atoms with Gasteiger partial charge in [-0.15, -0.1) is 0 Å². The van der Waals surface area contributed by atoms with E-state index >= 15 is 0 Å². The molecule has 2 aromatic carbocycles. The third-order valence-corrected chi connectivity index (χ3v) is 3.78. The number of ether oxygens (including phenoxy) is 2. The van der Waals surface area contributed by atoms with Crippen LogP contribution in [-0.2, 0) is 6.42 Å². The maximum atomic E-state index is 5.35. The number of aryl methyl sites for hydroxylation is 1. The van der Waals surface area contributed by atoms with Crippen molar-refractivity contribution in [1.29, 1.82) is 0 Å². The fourth-order valence-electron chi connectivity index (χ4n) is 2.66. The SMILES string of the molecule is CCCc1c2cc(OC)ccc2nn1-c1ccc(OC)cc1. The minimum absolute atomic E-state index is 0.846. The lowest BCUT2D eigenvalue weighted by atomic mass is 10.1. The van der Waals surface area contributed by atoms with Crippen molar-refractivity contribution in [1.82, 2.24) is 9.78 Å². The van der Waals surface area contributed by atoms with Gasteiger partial charge in [0.15, 0.2) is 0 Å². The van der Waals surface area contributed by atoms with Crippen molar-refractivity contribution in [2.24, 2.45) is 0 Å². The zero-order valence-corrected chi connectivity index (χ0v) is 13.2. The van der Waals surface area contributed by atoms with E-state index in [-0.39, 0.29) is 0 Å². The Balaban J connectivity index is 2.16. The molecule has 0 radical (unpaired) electrons. The molecule has 0 aliphatic carbocycles. The smallest absolute Gasteiger partial charge is 0.119 e. The molecule has 4 nitrogen and oxygen atoms in total. The first kappa shape index (κ1) is 14.4. The van der Waals surface area contributed by atoms with Gasteiger partial charge in [0.25, 0.3) is 0 Å². The van der Waals surface area contributed by atoms with Gasteiger partial charge in [-0.2, -0.15) is 5.10 Å². The largest absolute Gasteiger partial charge is 0.497 e. The van der Waals surface area contributed by atoms with Crippen LogP contribution in [-0.4, -0.2) is 24.0 Å². The van der Waals surface area contributed by atoms with Gasteiger partial charge in [0, 0.05) is 5.39 Å². The number of hydrogen-bond acceptors (Lipinski definition) is 3. The molecular weight excluding hydrogens is 276 g/mol. The zero-order chi connectivity index (χ0) is 15.5. The summed E-state index contributed by atoms with van der Waals surface area (Å²) in [6, 6.07) is 14.0. The predicted octanol–water partition coefficient (Wildman–Crippen LogP) is 4.00. The van der Waals surface area contributed by atoms with E-state index in [9.17, 15) is 0 Å². The number of nitrogens with zero attached hydrogens (tertiary/aromatic N) is 2. The highest BCUT2D eigenvalue weighted by Crippen LogP contribution is 2.27. The van der Waals surface area contributed by atoms with Crippen molar-refractivity contribution in [3.8, 4) is 17.2 Å². The Kier molecular flexibility index (Phi) is 4.00. The van der Waals surface area contributed by atoms with Crippen LogP contribution in [0.25, 0.3) is 16.6 Å². The molecule has 0 N–H and O–H groups in total. The lowest BCUT2D eigenvalue weighted by molar-refractivity contribution is 0.414. The van der Waals surface area contributed by atoms with Gasteiger partial charge in [-0.05, 0) is 48.9 Å². The Morgan fingerprint density at radius 2 is 1.64 bits per heavy atom. The number of benzene rings is 2. The summed E-state index contributed by atoms with van der Waals surface area (Å²) in [7, 11) is 3.36. The summed E-state index contributed by atoms with van der Waals surface area (Å²) < 4.78 is 12.6. The monoisotopic (exact) mass is 296 g/mol. The van der Waals surface area contributed by atoms with Crippen LogP contribution in [0.15, 0.2) is 42.5 Å². The number of fused-ring (bicyclic) bond motifs is 1. The second-order valence-corrected chi connectivity index (χ2v) is 5.19. The molecule has 0 saturated heterocycles. The Labute approximate surface area is 130 Å². The molecule has 0 atom stereocenters. The Morgan fingerprint density at radius 1 is 0.955 bits per heavy atom. The van der Waals surface area contributed by atoms with E-state index < -0.39 is 0 Å². The third-order valence-electron chi connectivity index (χ3n) is 3.78. The summed E-state index contributed by atoms with van der Waals surface area (Å²) in [6.45, 7) is 2.18. The van der Waals surface area contributed by atoms with Crippen LogP contribution in [0.2, 0.25) is 0 Å². The molecule has 114 valence electrons. The van der Waals surface area contributed by atoms with Gasteiger partial charge in [0.2, 0.25) is 0 Å². The van der Waals surface area contributed by atoms with Crippen molar-refractivity contribution < 1.29 is 9.47 Å². The van der Waals surface area contributed by atoms with Gasteiger partial charge in [0.1, 0.15) is 11.5 Å². The summed E-state index contributed by atoms with van der Waals surface area (Å²) >= 11 is 0. The highest BCUT2D eigenvalue weighted by atomic mass is 16.5. The molecule has 0 amide bonds. The van der Waals surface area contributed by atoms with Crippen LogP contribution in [0.1, 0.15) is 19.0 Å². The van der Waals surface area contributed by atoms with Gasteiger partial charge in [-0.25, -0.2) is 4.68 Å². The quantitative estimate of drug-likeness (QED) is 0.714. The maximum Gasteiger partial charge on any atom is 0.119 e. The molecule has 0 unspecified atom stereocenters. The highest BCUT2D eigenvalue weighted by molar-refractivity contribution is 5.83. The second-order valence-electron chi connectivity index (χ2n) is 5.19. The minimum Gasteiger partial charge on any atom is -0.497 e. The lowest BCUT2D eigenvalue weighted by Gasteiger charge is -2.08. The minimum atomic E-state index is 0.846. The molecule has 3 rings (SSSR count). The fraction of sp³-hybridized carbons (Fsp3) is 0.278. The van der Waals surface area contributed by atoms with Crippen molar-refractivity contribution in [2.75, 3.05) is 14.2 Å². The van der Waals surface area contributed by atoms with Crippen LogP contribution in [0.5, 0.6) is 11.5 Å².